The van der Waals surface area contributed by atoms with Crippen molar-refractivity contribution in [3.63, 3.8) is 0 Å². The third-order valence-electron chi connectivity index (χ3n) is 2.16. The Balaban J connectivity index is 2.45. The van der Waals surface area contributed by atoms with Crippen molar-refractivity contribution in [3.05, 3.63) is 34.6 Å². The molecule has 0 amide bonds. The molecular weight excluding hydrogens is 201 g/mol. The summed E-state index contributed by atoms with van der Waals surface area (Å²) in [6.45, 7) is 0.706. The van der Waals surface area contributed by atoms with Crippen LogP contribution in [-0.2, 0) is 6.42 Å². The van der Waals surface area contributed by atoms with E-state index in [1.165, 1.54) is 6.07 Å². The number of halogens is 2. The summed E-state index contributed by atoms with van der Waals surface area (Å²) in [5.74, 6) is -0.165. The number of hydrogen-bond donors (Lipinski definition) is 1. The highest BCUT2D eigenvalue weighted by Gasteiger charge is 2.02. The maximum atomic E-state index is 13.2. The zero-order chi connectivity index (χ0) is 10.4. The summed E-state index contributed by atoms with van der Waals surface area (Å²) in [6.07, 6.45) is 3.76. The summed E-state index contributed by atoms with van der Waals surface area (Å²) in [7, 11) is 0. The smallest absolute Gasteiger partial charge is 0.126 e. The molecular formula is C11H15ClFN. The quantitative estimate of drug-likeness (QED) is 0.751. The summed E-state index contributed by atoms with van der Waals surface area (Å²) in [5.41, 5.74) is 6.07. The molecule has 1 aromatic carbocycles. The highest BCUT2D eigenvalue weighted by atomic mass is 35.5. The van der Waals surface area contributed by atoms with Gasteiger partial charge in [-0.2, -0.15) is 0 Å². The van der Waals surface area contributed by atoms with E-state index in [0.29, 0.717) is 17.1 Å². The fourth-order valence-electron chi connectivity index (χ4n) is 1.37. The molecule has 0 fully saturated rings. The first-order valence-corrected chi connectivity index (χ1v) is 5.26. The van der Waals surface area contributed by atoms with Crippen LogP contribution in [0, 0.1) is 5.82 Å². The largest absolute Gasteiger partial charge is 0.330 e. The molecule has 0 aliphatic rings. The van der Waals surface area contributed by atoms with Gasteiger partial charge in [-0.1, -0.05) is 18.0 Å². The second-order valence-electron chi connectivity index (χ2n) is 3.34. The van der Waals surface area contributed by atoms with Crippen LogP contribution in [0.15, 0.2) is 18.2 Å². The third-order valence-corrected chi connectivity index (χ3v) is 2.39. The van der Waals surface area contributed by atoms with Gasteiger partial charge in [0.15, 0.2) is 0 Å². The first-order valence-electron chi connectivity index (χ1n) is 4.88. The lowest BCUT2D eigenvalue weighted by molar-refractivity contribution is 0.596. The number of benzene rings is 1. The molecule has 0 atom stereocenters. The summed E-state index contributed by atoms with van der Waals surface area (Å²) in [4.78, 5) is 0. The number of aryl methyl sites for hydroxylation is 1. The molecule has 0 aliphatic heterocycles. The second-order valence-corrected chi connectivity index (χ2v) is 3.77. The molecule has 1 aromatic rings. The Morgan fingerprint density at radius 1 is 1.21 bits per heavy atom. The second kappa shape index (κ2) is 5.99. The lowest BCUT2D eigenvalue weighted by atomic mass is 10.1. The average Bonchev–Trinajstić information content (AvgIpc) is 2.18. The number of nitrogens with two attached hydrogens (primary N) is 1. The van der Waals surface area contributed by atoms with Crippen LogP contribution in [0.5, 0.6) is 0 Å². The lowest BCUT2D eigenvalue weighted by Crippen LogP contribution is -1.98. The van der Waals surface area contributed by atoms with Gasteiger partial charge in [0.1, 0.15) is 5.82 Å². The van der Waals surface area contributed by atoms with Crippen LogP contribution in [0.3, 0.4) is 0 Å². The number of hydrogen-bond acceptors (Lipinski definition) is 1. The van der Waals surface area contributed by atoms with E-state index >= 15 is 0 Å². The van der Waals surface area contributed by atoms with Gasteiger partial charge in [0, 0.05) is 5.02 Å². The van der Waals surface area contributed by atoms with E-state index in [1.54, 1.807) is 12.1 Å². The van der Waals surface area contributed by atoms with Gasteiger partial charge in [-0.25, -0.2) is 4.39 Å². The third kappa shape index (κ3) is 3.64. The molecule has 0 bridgehead atoms. The van der Waals surface area contributed by atoms with Crippen molar-refractivity contribution < 1.29 is 4.39 Å². The molecule has 3 heteroatoms. The van der Waals surface area contributed by atoms with Crippen molar-refractivity contribution in [2.45, 2.75) is 25.7 Å². The minimum Gasteiger partial charge on any atom is -0.330 e. The molecule has 14 heavy (non-hydrogen) atoms. The lowest BCUT2D eigenvalue weighted by Gasteiger charge is -2.03. The predicted molar refractivity (Wildman–Crippen MR) is 58.0 cm³/mol. The maximum absolute atomic E-state index is 13.2. The molecule has 78 valence electrons. The molecule has 0 saturated carbocycles. The predicted octanol–water partition coefficient (Wildman–Crippen LogP) is 3.15. The van der Waals surface area contributed by atoms with Crippen molar-refractivity contribution >= 4 is 11.6 Å². The Hall–Kier alpha value is -0.600. The van der Waals surface area contributed by atoms with Gasteiger partial charge in [0.2, 0.25) is 0 Å². The van der Waals surface area contributed by atoms with Gasteiger partial charge >= 0.3 is 0 Å². The van der Waals surface area contributed by atoms with Gasteiger partial charge in [0.05, 0.1) is 0 Å². The molecule has 0 radical (unpaired) electrons. The van der Waals surface area contributed by atoms with Crippen molar-refractivity contribution in [1.29, 1.82) is 0 Å². The van der Waals surface area contributed by atoms with Crippen LogP contribution in [0.2, 0.25) is 5.02 Å². The number of rotatable bonds is 5. The van der Waals surface area contributed by atoms with E-state index in [-0.39, 0.29) is 5.82 Å². The Morgan fingerprint density at radius 2 is 2.00 bits per heavy atom. The van der Waals surface area contributed by atoms with Crippen molar-refractivity contribution in [2.75, 3.05) is 6.54 Å². The highest BCUT2D eigenvalue weighted by Crippen LogP contribution is 2.17. The topological polar surface area (TPSA) is 26.0 Å². The minimum absolute atomic E-state index is 0.165. The van der Waals surface area contributed by atoms with Crippen molar-refractivity contribution in [3.8, 4) is 0 Å². The van der Waals surface area contributed by atoms with Crippen LogP contribution in [-0.4, -0.2) is 6.54 Å². The molecule has 0 aromatic heterocycles. The molecule has 2 N–H and O–H groups in total. The zero-order valence-electron chi connectivity index (χ0n) is 8.10. The van der Waals surface area contributed by atoms with Crippen molar-refractivity contribution in [2.24, 2.45) is 5.73 Å². The van der Waals surface area contributed by atoms with Crippen molar-refractivity contribution in [1.82, 2.24) is 0 Å². The molecule has 0 spiro atoms. The van der Waals surface area contributed by atoms with Crippen LogP contribution in [0.25, 0.3) is 0 Å². The summed E-state index contributed by atoms with van der Waals surface area (Å²) >= 11 is 5.77. The maximum Gasteiger partial charge on any atom is 0.126 e. The molecule has 0 unspecified atom stereocenters. The molecule has 0 saturated heterocycles. The zero-order valence-corrected chi connectivity index (χ0v) is 8.86. The monoisotopic (exact) mass is 215 g/mol. The van der Waals surface area contributed by atoms with E-state index in [9.17, 15) is 4.39 Å². The summed E-state index contributed by atoms with van der Waals surface area (Å²) in [6, 6.07) is 4.68. The SMILES string of the molecule is NCCCCCc1cc(Cl)ccc1F. The van der Waals surface area contributed by atoms with E-state index < -0.39 is 0 Å². The molecule has 1 rings (SSSR count). The van der Waals surface area contributed by atoms with E-state index in [2.05, 4.69) is 0 Å². The Morgan fingerprint density at radius 3 is 2.71 bits per heavy atom. The van der Waals surface area contributed by atoms with Gasteiger partial charge in [0.25, 0.3) is 0 Å². The molecule has 0 heterocycles. The van der Waals surface area contributed by atoms with E-state index in [1.807, 2.05) is 0 Å². The van der Waals surface area contributed by atoms with Crippen LogP contribution in [0.4, 0.5) is 4.39 Å². The normalized spacial score (nSPS) is 10.5. The summed E-state index contributed by atoms with van der Waals surface area (Å²) < 4.78 is 13.2. The van der Waals surface area contributed by atoms with Crippen LogP contribution < -0.4 is 5.73 Å². The Kier molecular flexibility index (Phi) is 4.91. The molecule has 0 aliphatic carbocycles. The first kappa shape index (κ1) is 11.5. The van der Waals surface area contributed by atoms with Gasteiger partial charge in [-0.3, -0.25) is 0 Å². The average molecular weight is 216 g/mol. The number of unbranched alkanes of at least 4 members (excludes halogenated alkanes) is 2. The fourth-order valence-corrected chi connectivity index (χ4v) is 1.57. The van der Waals surface area contributed by atoms with E-state index in [4.69, 9.17) is 17.3 Å². The van der Waals surface area contributed by atoms with Gasteiger partial charge in [-0.15, -0.1) is 0 Å². The van der Waals surface area contributed by atoms with Gasteiger partial charge < -0.3 is 5.73 Å². The highest BCUT2D eigenvalue weighted by molar-refractivity contribution is 6.30. The first-order chi connectivity index (χ1) is 6.74. The summed E-state index contributed by atoms with van der Waals surface area (Å²) in [5, 5.41) is 0.597. The standard InChI is InChI=1S/C11H15ClFN/c12-10-5-6-11(13)9(8-10)4-2-1-3-7-14/h5-6,8H,1-4,7,14H2. The van der Waals surface area contributed by atoms with Gasteiger partial charge in [-0.05, 0) is 49.6 Å². The Bertz CT molecular complexity index is 289. The molecule has 1 nitrogen and oxygen atoms in total. The van der Waals surface area contributed by atoms with E-state index in [0.717, 1.165) is 25.7 Å². The van der Waals surface area contributed by atoms with Crippen LogP contribution >= 0.6 is 11.6 Å². The minimum atomic E-state index is -0.165. The Labute approximate surface area is 89.1 Å². The van der Waals surface area contributed by atoms with Crippen LogP contribution in [0.1, 0.15) is 24.8 Å². The fraction of sp³-hybridized carbons (Fsp3) is 0.455.